The maximum absolute atomic E-state index is 13.6. The fourth-order valence-corrected chi connectivity index (χ4v) is 5.79. The van der Waals surface area contributed by atoms with E-state index in [4.69, 9.17) is 10.5 Å². The number of hydrogen-bond donors (Lipinski definition) is 5. The molecule has 6 N–H and O–H groups in total. The number of carbonyl (C=O) groups excluding carboxylic acids is 3. The first kappa shape index (κ1) is 34.9. The molecule has 256 valence electrons. The molecule has 3 atom stereocenters. The number of hydrogen-bond acceptors (Lipinski definition) is 7. The predicted molar refractivity (Wildman–Crippen MR) is 193 cm³/mol. The highest BCUT2D eigenvalue weighted by Gasteiger charge is 2.31. The van der Waals surface area contributed by atoms with Gasteiger partial charge in [0.2, 0.25) is 5.91 Å². The second kappa shape index (κ2) is 16.1. The number of benzene rings is 4. The molecule has 4 amide bonds. The van der Waals surface area contributed by atoms with Crippen LogP contribution in [0.2, 0.25) is 0 Å². The molecule has 1 aliphatic rings. The minimum Gasteiger partial charge on any atom is -0.488 e. The van der Waals surface area contributed by atoms with Gasteiger partial charge < -0.3 is 36.4 Å². The van der Waals surface area contributed by atoms with E-state index >= 15 is 0 Å². The van der Waals surface area contributed by atoms with Crippen LogP contribution in [-0.4, -0.2) is 71.6 Å². The molecule has 0 spiro atoms. The van der Waals surface area contributed by atoms with Gasteiger partial charge in [0.15, 0.2) is 0 Å². The molecule has 49 heavy (non-hydrogen) atoms. The van der Waals surface area contributed by atoms with E-state index in [1.165, 1.54) is 0 Å². The molecule has 1 heterocycles. The lowest BCUT2D eigenvalue weighted by Gasteiger charge is -2.34. The first-order valence-electron chi connectivity index (χ1n) is 16.4. The van der Waals surface area contributed by atoms with E-state index in [1.54, 1.807) is 59.5 Å². The highest BCUT2D eigenvalue weighted by Crippen LogP contribution is 2.29. The highest BCUT2D eigenvalue weighted by atomic mass is 16.5. The van der Waals surface area contributed by atoms with E-state index in [0.29, 0.717) is 59.3 Å². The molecule has 0 saturated carbocycles. The van der Waals surface area contributed by atoms with E-state index in [-0.39, 0.29) is 42.9 Å². The van der Waals surface area contributed by atoms with Gasteiger partial charge in [0.25, 0.3) is 5.91 Å². The highest BCUT2D eigenvalue weighted by molar-refractivity contribution is 6.05. The van der Waals surface area contributed by atoms with Crippen molar-refractivity contribution in [1.82, 2.24) is 9.80 Å². The van der Waals surface area contributed by atoms with Crippen LogP contribution in [0.1, 0.15) is 35.3 Å². The van der Waals surface area contributed by atoms with Crippen LogP contribution < -0.4 is 26.4 Å². The summed E-state index contributed by atoms with van der Waals surface area (Å²) in [4.78, 5) is 42.9. The van der Waals surface area contributed by atoms with Gasteiger partial charge in [-0.15, -0.1) is 0 Å². The topological polar surface area (TPSA) is 149 Å². The maximum Gasteiger partial charge on any atom is 0.323 e. The molecular formula is C38H44N6O5. The Labute approximate surface area is 287 Å². The standard InChI is InChI=1S/C38H44N6O5/c1-25-21-44(26(2)24-45)36(46)20-29-19-31(41-38(48)40-30-9-5-4-6-10-30)17-18-34(29)49-35(25)23-43(3)22-27-13-15-28(16-14-27)37(47)42-33-12-8-7-11-32(33)39/h4-19,25-26,35,45H,20-24,39H2,1-3H3,(H,42,47)(H2,40,41,48)/t25-,26+,35-/m0/s1. The summed E-state index contributed by atoms with van der Waals surface area (Å²) in [7, 11) is 2.00. The van der Waals surface area contributed by atoms with E-state index in [1.807, 2.05) is 63.4 Å². The number of urea groups is 1. The molecule has 0 unspecified atom stereocenters. The summed E-state index contributed by atoms with van der Waals surface area (Å²) in [5, 5.41) is 18.5. The van der Waals surface area contributed by atoms with Gasteiger partial charge in [0.1, 0.15) is 11.9 Å². The molecule has 0 radical (unpaired) electrons. The van der Waals surface area contributed by atoms with Crippen molar-refractivity contribution in [1.29, 1.82) is 0 Å². The van der Waals surface area contributed by atoms with Crippen LogP contribution in [0.3, 0.4) is 0 Å². The van der Waals surface area contributed by atoms with Crippen molar-refractivity contribution in [3.8, 4) is 5.75 Å². The number of nitrogens with one attached hydrogen (secondary N) is 3. The Morgan fingerprint density at radius 3 is 2.37 bits per heavy atom. The third kappa shape index (κ3) is 9.37. The average Bonchev–Trinajstić information content (AvgIpc) is 3.13. The number of anilines is 4. The fraction of sp³-hybridized carbons (Fsp3) is 0.289. The van der Waals surface area contributed by atoms with Crippen molar-refractivity contribution in [2.45, 2.75) is 39.0 Å². The lowest BCUT2D eigenvalue weighted by Crippen LogP contribution is -2.47. The lowest BCUT2D eigenvalue weighted by atomic mass is 10.0. The van der Waals surface area contributed by atoms with Gasteiger partial charge in [-0.1, -0.05) is 49.4 Å². The number of likely N-dealkylation sites (N-methyl/N-ethyl adjacent to an activating group) is 1. The Morgan fingerprint density at radius 1 is 0.959 bits per heavy atom. The Kier molecular flexibility index (Phi) is 11.5. The summed E-state index contributed by atoms with van der Waals surface area (Å²) >= 11 is 0. The van der Waals surface area contributed by atoms with Crippen LogP contribution in [0.15, 0.2) is 97.1 Å². The lowest BCUT2D eigenvalue weighted by molar-refractivity contribution is -0.134. The van der Waals surface area contributed by atoms with Gasteiger partial charge in [-0.05, 0) is 74.1 Å². The van der Waals surface area contributed by atoms with Crippen molar-refractivity contribution in [3.05, 3.63) is 114 Å². The minimum absolute atomic E-state index is 0.0571. The number of nitrogens with two attached hydrogens (primary N) is 1. The van der Waals surface area contributed by atoms with Crippen LogP contribution in [0.4, 0.5) is 27.5 Å². The number of carbonyl (C=O) groups is 3. The van der Waals surface area contributed by atoms with Gasteiger partial charge >= 0.3 is 6.03 Å². The van der Waals surface area contributed by atoms with Crippen molar-refractivity contribution in [3.63, 3.8) is 0 Å². The molecule has 4 aromatic carbocycles. The summed E-state index contributed by atoms with van der Waals surface area (Å²) in [6, 6.07) is 28.2. The molecule has 0 bridgehead atoms. The normalized spacial score (nSPS) is 16.8. The number of ether oxygens (including phenoxy) is 1. The van der Waals surface area contributed by atoms with Gasteiger partial charge in [0, 0.05) is 48.1 Å². The van der Waals surface area contributed by atoms with E-state index in [9.17, 15) is 19.5 Å². The van der Waals surface area contributed by atoms with Crippen molar-refractivity contribution < 1.29 is 24.2 Å². The first-order chi connectivity index (χ1) is 23.6. The fourth-order valence-electron chi connectivity index (χ4n) is 5.79. The van der Waals surface area contributed by atoms with Gasteiger partial charge in [0.05, 0.1) is 30.4 Å². The minimum atomic E-state index is -0.403. The Balaban J connectivity index is 1.29. The molecule has 11 heteroatoms. The zero-order chi connectivity index (χ0) is 34.9. The first-order valence-corrected chi connectivity index (χ1v) is 16.4. The van der Waals surface area contributed by atoms with Crippen LogP contribution in [-0.2, 0) is 17.8 Å². The second-order valence-corrected chi connectivity index (χ2v) is 12.6. The number of amides is 4. The van der Waals surface area contributed by atoms with Crippen LogP contribution in [0, 0.1) is 5.92 Å². The van der Waals surface area contributed by atoms with Gasteiger partial charge in [-0.3, -0.25) is 14.5 Å². The molecule has 4 aromatic rings. The summed E-state index contributed by atoms with van der Waals surface area (Å²) in [5.41, 5.74) is 10.4. The number of rotatable bonds is 10. The number of aliphatic hydroxyl groups excluding tert-OH is 1. The molecule has 0 aromatic heterocycles. The summed E-state index contributed by atoms with van der Waals surface area (Å²) < 4.78 is 6.65. The summed E-state index contributed by atoms with van der Waals surface area (Å²) in [5.74, 6) is 0.130. The van der Waals surface area contributed by atoms with Crippen LogP contribution >= 0.6 is 0 Å². The predicted octanol–water partition coefficient (Wildman–Crippen LogP) is 5.45. The molecular weight excluding hydrogens is 620 g/mol. The van der Waals surface area contributed by atoms with Crippen LogP contribution in [0.5, 0.6) is 5.75 Å². The largest absolute Gasteiger partial charge is 0.488 e. The molecule has 0 saturated heterocycles. The number of nitrogens with zero attached hydrogens (tertiary/aromatic N) is 2. The molecule has 0 aliphatic carbocycles. The SMILES string of the molecule is C[C@H](CO)N1C[C@H](C)[C@H](CN(C)Cc2ccc(C(=O)Nc3ccccc3N)cc2)Oc2ccc(NC(=O)Nc3ccccc3)cc2CC1=O. The molecule has 11 nitrogen and oxygen atoms in total. The second-order valence-electron chi connectivity index (χ2n) is 12.6. The average molecular weight is 665 g/mol. The Morgan fingerprint density at radius 2 is 1.65 bits per heavy atom. The van der Waals surface area contributed by atoms with Gasteiger partial charge in [-0.25, -0.2) is 4.79 Å². The Hall–Kier alpha value is -5.39. The molecule has 1 aliphatic heterocycles. The number of aliphatic hydroxyl groups is 1. The molecule has 0 fully saturated rings. The Bertz CT molecular complexity index is 1750. The zero-order valence-electron chi connectivity index (χ0n) is 28.1. The van der Waals surface area contributed by atoms with E-state index < -0.39 is 6.03 Å². The van der Waals surface area contributed by atoms with Crippen molar-refractivity contribution in [2.75, 3.05) is 48.4 Å². The number of fused-ring (bicyclic) bond motifs is 1. The number of nitrogen functional groups attached to an aromatic ring is 1. The smallest absolute Gasteiger partial charge is 0.323 e. The summed E-state index contributed by atoms with van der Waals surface area (Å²) in [6.07, 6.45) is -0.244. The van der Waals surface area contributed by atoms with E-state index in [2.05, 4.69) is 20.9 Å². The third-order valence-corrected chi connectivity index (χ3v) is 8.58. The monoisotopic (exact) mass is 664 g/mol. The third-order valence-electron chi connectivity index (χ3n) is 8.58. The molecule has 5 rings (SSSR count). The quantitative estimate of drug-likeness (QED) is 0.142. The van der Waals surface area contributed by atoms with Gasteiger partial charge in [-0.2, -0.15) is 0 Å². The van der Waals surface area contributed by atoms with Crippen molar-refractivity contribution in [2.24, 2.45) is 5.92 Å². The van der Waals surface area contributed by atoms with E-state index in [0.717, 1.165) is 5.56 Å². The number of para-hydroxylation sites is 3. The maximum atomic E-state index is 13.6. The van der Waals surface area contributed by atoms with Crippen LogP contribution in [0.25, 0.3) is 0 Å². The summed E-state index contributed by atoms with van der Waals surface area (Å²) in [6.45, 7) is 5.27. The van der Waals surface area contributed by atoms with Crippen molar-refractivity contribution >= 4 is 40.6 Å². The zero-order valence-corrected chi connectivity index (χ0v) is 28.1.